The van der Waals surface area contributed by atoms with Crippen molar-refractivity contribution in [2.75, 3.05) is 18.9 Å². The molecule has 0 aliphatic carbocycles. The molecule has 1 amide bonds. The average Bonchev–Trinajstić information content (AvgIpc) is 2.26. The topological polar surface area (TPSA) is 32.3 Å². The molecule has 0 saturated carbocycles. The second kappa shape index (κ2) is 5.49. The first-order valence-electron chi connectivity index (χ1n) is 5.26. The molecule has 4 heteroatoms. The molecule has 0 bridgehead atoms. The minimum atomic E-state index is -0.281. The third-order valence-electron chi connectivity index (χ3n) is 2.46. The molecular formula is C12H17FN2O. The number of amides is 1. The van der Waals surface area contributed by atoms with Crippen LogP contribution in [-0.4, -0.2) is 30.4 Å². The van der Waals surface area contributed by atoms with Gasteiger partial charge in [0.1, 0.15) is 5.82 Å². The van der Waals surface area contributed by atoms with E-state index in [1.165, 1.54) is 12.1 Å². The second-order valence-electron chi connectivity index (χ2n) is 3.96. The summed E-state index contributed by atoms with van der Waals surface area (Å²) in [5, 5.41) is 2.95. The number of carbonyl (C=O) groups is 1. The van der Waals surface area contributed by atoms with Crippen LogP contribution in [0.25, 0.3) is 0 Å². The molecule has 3 nitrogen and oxygen atoms in total. The Hall–Kier alpha value is -1.58. The normalized spacial score (nSPS) is 10.3. The summed E-state index contributed by atoms with van der Waals surface area (Å²) < 4.78 is 12.6. The lowest BCUT2D eigenvalue weighted by molar-refractivity contribution is -0.129. The fraction of sp³-hybridized carbons (Fsp3) is 0.417. The van der Waals surface area contributed by atoms with E-state index in [4.69, 9.17) is 0 Å². The minimum absolute atomic E-state index is 0.0133. The van der Waals surface area contributed by atoms with Gasteiger partial charge in [-0.3, -0.25) is 4.79 Å². The minimum Gasteiger partial charge on any atom is -0.376 e. The van der Waals surface area contributed by atoms with Crippen molar-refractivity contribution in [1.29, 1.82) is 0 Å². The number of nitrogens with zero attached hydrogens (tertiary/aromatic N) is 1. The highest BCUT2D eigenvalue weighted by atomic mass is 19.1. The van der Waals surface area contributed by atoms with Gasteiger partial charge in [0.05, 0.1) is 6.54 Å². The van der Waals surface area contributed by atoms with Gasteiger partial charge in [0.15, 0.2) is 0 Å². The van der Waals surface area contributed by atoms with Crippen LogP contribution in [0.4, 0.5) is 10.1 Å². The summed E-state index contributed by atoms with van der Waals surface area (Å²) >= 11 is 0. The van der Waals surface area contributed by atoms with Crippen LogP contribution in [0.1, 0.15) is 13.8 Å². The van der Waals surface area contributed by atoms with Crippen LogP contribution in [0.15, 0.2) is 24.3 Å². The van der Waals surface area contributed by atoms with E-state index in [1.54, 1.807) is 24.1 Å². The highest BCUT2D eigenvalue weighted by Crippen LogP contribution is 2.07. The molecule has 0 unspecified atom stereocenters. The van der Waals surface area contributed by atoms with Crippen LogP contribution in [0.2, 0.25) is 0 Å². The van der Waals surface area contributed by atoms with Crippen molar-refractivity contribution in [3.8, 4) is 0 Å². The van der Waals surface area contributed by atoms with Gasteiger partial charge in [-0.15, -0.1) is 0 Å². The zero-order valence-corrected chi connectivity index (χ0v) is 9.83. The summed E-state index contributed by atoms with van der Waals surface area (Å²) in [5.74, 6) is -0.268. The fourth-order valence-electron chi connectivity index (χ4n) is 1.16. The van der Waals surface area contributed by atoms with Crippen LogP contribution in [0.3, 0.4) is 0 Å². The maximum atomic E-state index is 12.6. The molecule has 0 radical (unpaired) electrons. The molecule has 1 aromatic carbocycles. The Bertz CT molecular complexity index is 349. The molecule has 1 aromatic rings. The Balaban J connectivity index is 2.46. The van der Waals surface area contributed by atoms with Crippen LogP contribution in [0.5, 0.6) is 0 Å². The maximum Gasteiger partial charge on any atom is 0.241 e. The quantitative estimate of drug-likeness (QED) is 0.849. The summed E-state index contributed by atoms with van der Waals surface area (Å²) in [7, 11) is 1.76. The molecule has 88 valence electrons. The number of anilines is 1. The molecule has 0 aliphatic heterocycles. The third kappa shape index (κ3) is 3.53. The number of hydrogen-bond donors (Lipinski definition) is 1. The summed E-state index contributed by atoms with van der Waals surface area (Å²) in [6, 6.07) is 6.12. The van der Waals surface area contributed by atoms with Gasteiger partial charge in [-0.2, -0.15) is 0 Å². The largest absolute Gasteiger partial charge is 0.376 e. The third-order valence-corrected chi connectivity index (χ3v) is 2.46. The number of rotatable bonds is 4. The molecule has 16 heavy (non-hydrogen) atoms. The van der Waals surface area contributed by atoms with Gasteiger partial charge in [-0.1, -0.05) is 0 Å². The Morgan fingerprint density at radius 2 is 1.94 bits per heavy atom. The number of benzene rings is 1. The van der Waals surface area contributed by atoms with Crippen molar-refractivity contribution in [3.63, 3.8) is 0 Å². The zero-order valence-electron chi connectivity index (χ0n) is 9.83. The first-order chi connectivity index (χ1) is 7.50. The van der Waals surface area contributed by atoms with Gasteiger partial charge in [0.25, 0.3) is 0 Å². The number of halogens is 1. The van der Waals surface area contributed by atoms with Crippen LogP contribution < -0.4 is 5.32 Å². The van der Waals surface area contributed by atoms with Gasteiger partial charge < -0.3 is 10.2 Å². The monoisotopic (exact) mass is 224 g/mol. The highest BCUT2D eigenvalue weighted by Gasteiger charge is 2.10. The summed E-state index contributed by atoms with van der Waals surface area (Å²) in [6.45, 7) is 4.13. The van der Waals surface area contributed by atoms with Gasteiger partial charge in [0.2, 0.25) is 5.91 Å². The van der Waals surface area contributed by atoms with E-state index in [9.17, 15) is 9.18 Å². The number of nitrogens with one attached hydrogen (secondary N) is 1. The Morgan fingerprint density at radius 1 is 1.38 bits per heavy atom. The lowest BCUT2D eigenvalue weighted by atomic mass is 10.3. The second-order valence-corrected chi connectivity index (χ2v) is 3.96. The molecule has 0 heterocycles. The van der Waals surface area contributed by atoms with Crippen molar-refractivity contribution in [3.05, 3.63) is 30.1 Å². The van der Waals surface area contributed by atoms with E-state index in [1.807, 2.05) is 13.8 Å². The molecule has 0 aliphatic rings. The Kier molecular flexibility index (Phi) is 4.28. The Labute approximate surface area is 95.3 Å². The fourth-order valence-corrected chi connectivity index (χ4v) is 1.16. The summed E-state index contributed by atoms with van der Waals surface area (Å²) in [4.78, 5) is 13.3. The van der Waals surface area contributed by atoms with Crippen LogP contribution >= 0.6 is 0 Å². The van der Waals surface area contributed by atoms with Crippen LogP contribution in [0, 0.1) is 5.82 Å². The number of carbonyl (C=O) groups excluding carboxylic acids is 1. The standard InChI is InChI=1S/C12H17FN2O/c1-9(2)15(3)12(16)8-14-11-6-4-10(13)5-7-11/h4-7,9,14H,8H2,1-3H3. The van der Waals surface area contributed by atoms with Gasteiger partial charge in [0, 0.05) is 18.8 Å². The van der Waals surface area contributed by atoms with Crippen molar-refractivity contribution >= 4 is 11.6 Å². The first kappa shape index (κ1) is 12.5. The van der Waals surface area contributed by atoms with E-state index in [-0.39, 0.29) is 24.3 Å². The molecular weight excluding hydrogens is 207 g/mol. The van der Waals surface area contributed by atoms with Gasteiger partial charge >= 0.3 is 0 Å². The van der Waals surface area contributed by atoms with E-state index in [0.717, 1.165) is 5.69 Å². The van der Waals surface area contributed by atoms with Gasteiger partial charge in [-0.25, -0.2) is 4.39 Å². The molecule has 1 rings (SSSR count). The van der Waals surface area contributed by atoms with Crippen molar-refractivity contribution < 1.29 is 9.18 Å². The molecule has 0 atom stereocenters. The highest BCUT2D eigenvalue weighted by molar-refractivity contribution is 5.80. The first-order valence-corrected chi connectivity index (χ1v) is 5.26. The van der Waals surface area contributed by atoms with Crippen LogP contribution in [-0.2, 0) is 4.79 Å². The SMILES string of the molecule is CC(C)N(C)C(=O)CNc1ccc(F)cc1. The van der Waals surface area contributed by atoms with E-state index in [2.05, 4.69) is 5.32 Å². The molecule has 0 fully saturated rings. The molecule has 1 N–H and O–H groups in total. The lowest BCUT2D eigenvalue weighted by Gasteiger charge is -2.21. The van der Waals surface area contributed by atoms with Gasteiger partial charge in [-0.05, 0) is 38.1 Å². The predicted molar refractivity (Wildman–Crippen MR) is 62.8 cm³/mol. The summed E-state index contributed by atoms with van der Waals surface area (Å²) in [6.07, 6.45) is 0. The smallest absolute Gasteiger partial charge is 0.241 e. The lowest BCUT2D eigenvalue weighted by Crippen LogP contribution is -2.37. The molecule has 0 aromatic heterocycles. The maximum absolute atomic E-state index is 12.6. The van der Waals surface area contributed by atoms with E-state index in [0.29, 0.717) is 0 Å². The predicted octanol–water partition coefficient (Wildman–Crippen LogP) is 2.10. The number of likely N-dealkylation sites (N-methyl/N-ethyl adjacent to an activating group) is 1. The molecule has 0 saturated heterocycles. The van der Waals surface area contributed by atoms with Crippen molar-refractivity contribution in [2.24, 2.45) is 0 Å². The van der Waals surface area contributed by atoms with Crippen molar-refractivity contribution in [1.82, 2.24) is 4.90 Å². The molecule has 0 spiro atoms. The average molecular weight is 224 g/mol. The summed E-state index contributed by atoms with van der Waals surface area (Å²) in [5.41, 5.74) is 0.743. The van der Waals surface area contributed by atoms with E-state index >= 15 is 0 Å². The van der Waals surface area contributed by atoms with Crippen molar-refractivity contribution in [2.45, 2.75) is 19.9 Å². The van der Waals surface area contributed by atoms with E-state index < -0.39 is 0 Å². The zero-order chi connectivity index (χ0) is 12.1. The number of hydrogen-bond acceptors (Lipinski definition) is 2. The Morgan fingerprint density at radius 3 is 2.44 bits per heavy atom.